The highest BCUT2D eigenvalue weighted by Crippen LogP contribution is 2.28. The minimum atomic E-state index is -0.379. The number of nitrogen functional groups attached to an aromatic ring is 1. The number of rotatable bonds is 2. The number of benzene rings is 2. The van der Waals surface area contributed by atoms with E-state index in [1.165, 1.54) is 18.2 Å². The SMILES string of the molecule is Cc1cccc(C)c1-n1nnnc1-c1cc(F)ccc1N. The summed E-state index contributed by atoms with van der Waals surface area (Å²) < 4.78 is 15.1. The number of nitrogens with zero attached hydrogens (tertiary/aromatic N) is 4. The first-order valence-corrected chi connectivity index (χ1v) is 6.48. The lowest BCUT2D eigenvalue weighted by molar-refractivity contribution is 0.628. The molecule has 2 aromatic carbocycles. The molecule has 0 bridgehead atoms. The van der Waals surface area contributed by atoms with Gasteiger partial charge in [-0.2, -0.15) is 4.68 Å². The van der Waals surface area contributed by atoms with Gasteiger partial charge in [0, 0.05) is 11.3 Å². The molecule has 0 radical (unpaired) electrons. The van der Waals surface area contributed by atoms with Crippen LogP contribution in [0.2, 0.25) is 0 Å². The zero-order valence-corrected chi connectivity index (χ0v) is 11.7. The number of hydrogen-bond donors (Lipinski definition) is 1. The second-order valence-corrected chi connectivity index (χ2v) is 4.89. The Bertz CT molecular complexity index is 789. The van der Waals surface area contributed by atoms with E-state index in [9.17, 15) is 4.39 Å². The number of aromatic nitrogens is 4. The molecule has 0 aliphatic rings. The topological polar surface area (TPSA) is 69.6 Å². The molecule has 2 N–H and O–H groups in total. The van der Waals surface area contributed by atoms with E-state index in [0.29, 0.717) is 17.1 Å². The van der Waals surface area contributed by atoms with Crippen molar-refractivity contribution in [2.45, 2.75) is 13.8 Å². The summed E-state index contributed by atoms with van der Waals surface area (Å²) in [7, 11) is 0. The third kappa shape index (κ3) is 2.24. The highest BCUT2D eigenvalue weighted by molar-refractivity contribution is 5.72. The Morgan fingerprint density at radius 2 is 1.81 bits per heavy atom. The van der Waals surface area contributed by atoms with E-state index in [-0.39, 0.29) is 5.82 Å². The number of nitrogens with two attached hydrogens (primary N) is 1. The molecule has 106 valence electrons. The second-order valence-electron chi connectivity index (χ2n) is 4.89. The predicted octanol–water partition coefficient (Wildman–Crippen LogP) is 2.67. The van der Waals surface area contributed by atoms with Gasteiger partial charge in [-0.05, 0) is 53.6 Å². The predicted molar refractivity (Wildman–Crippen MR) is 78.4 cm³/mol. The van der Waals surface area contributed by atoms with Gasteiger partial charge in [0.15, 0.2) is 5.82 Å². The molecule has 0 atom stereocenters. The maximum atomic E-state index is 13.5. The molecule has 5 nitrogen and oxygen atoms in total. The van der Waals surface area contributed by atoms with Crippen molar-refractivity contribution in [3.8, 4) is 17.1 Å². The van der Waals surface area contributed by atoms with Crippen LogP contribution in [0.15, 0.2) is 36.4 Å². The van der Waals surface area contributed by atoms with Crippen LogP contribution in [-0.2, 0) is 0 Å². The third-order valence-electron chi connectivity index (χ3n) is 3.38. The maximum absolute atomic E-state index is 13.5. The van der Waals surface area contributed by atoms with Crippen molar-refractivity contribution >= 4 is 5.69 Å². The Hall–Kier alpha value is -2.76. The van der Waals surface area contributed by atoms with Gasteiger partial charge in [0.05, 0.1) is 5.69 Å². The molecule has 3 rings (SSSR count). The number of hydrogen-bond acceptors (Lipinski definition) is 4. The first-order chi connectivity index (χ1) is 10.1. The first-order valence-electron chi connectivity index (χ1n) is 6.48. The van der Waals surface area contributed by atoms with Crippen molar-refractivity contribution < 1.29 is 4.39 Å². The largest absolute Gasteiger partial charge is 0.398 e. The van der Waals surface area contributed by atoms with Crippen molar-refractivity contribution in [2.75, 3.05) is 5.73 Å². The van der Waals surface area contributed by atoms with Gasteiger partial charge in [-0.1, -0.05) is 18.2 Å². The van der Waals surface area contributed by atoms with Crippen LogP contribution in [0.4, 0.5) is 10.1 Å². The fraction of sp³-hybridized carbons (Fsp3) is 0.133. The molecule has 0 aliphatic heterocycles. The minimum Gasteiger partial charge on any atom is -0.398 e. The van der Waals surface area contributed by atoms with E-state index in [4.69, 9.17) is 5.73 Å². The van der Waals surface area contributed by atoms with E-state index in [1.807, 2.05) is 32.0 Å². The molecule has 21 heavy (non-hydrogen) atoms. The number of halogens is 1. The van der Waals surface area contributed by atoms with Crippen LogP contribution in [0.25, 0.3) is 17.1 Å². The molecule has 0 amide bonds. The van der Waals surface area contributed by atoms with Crippen LogP contribution in [0, 0.1) is 19.7 Å². The molecule has 0 saturated carbocycles. The zero-order valence-electron chi connectivity index (χ0n) is 11.7. The fourth-order valence-electron chi connectivity index (χ4n) is 2.37. The molecule has 0 saturated heterocycles. The Balaban J connectivity index is 2.25. The lowest BCUT2D eigenvalue weighted by Gasteiger charge is -2.11. The van der Waals surface area contributed by atoms with E-state index < -0.39 is 0 Å². The average molecular weight is 283 g/mol. The summed E-state index contributed by atoms with van der Waals surface area (Å²) >= 11 is 0. The first kappa shape index (κ1) is 13.2. The van der Waals surface area contributed by atoms with E-state index in [1.54, 1.807) is 4.68 Å². The molecule has 1 heterocycles. The Labute approximate surface area is 121 Å². The van der Waals surface area contributed by atoms with Gasteiger partial charge in [0.1, 0.15) is 5.82 Å². The number of para-hydroxylation sites is 1. The molecule has 0 aliphatic carbocycles. The minimum absolute atomic E-state index is 0.379. The summed E-state index contributed by atoms with van der Waals surface area (Å²) in [5, 5.41) is 11.7. The Morgan fingerprint density at radius 1 is 1.10 bits per heavy atom. The molecule has 0 spiro atoms. The summed E-state index contributed by atoms with van der Waals surface area (Å²) in [5.74, 6) is 0.0413. The molecular weight excluding hydrogens is 269 g/mol. The summed E-state index contributed by atoms with van der Waals surface area (Å²) in [6.07, 6.45) is 0. The number of tetrazole rings is 1. The number of aryl methyl sites for hydroxylation is 2. The number of anilines is 1. The molecule has 3 aromatic rings. The van der Waals surface area contributed by atoms with Gasteiger partial charge in [0.25, 0.3) is 0 Å². The van der Waals surface area contributed by atoms with Crippen molar-refractivity contribution in [1.82, 2.24) is 20.2 Å². The van der Waals surface area contributed by atoms with Gasteiger partial charge >= 0.3 is 0 Å². The van der Waals surface area contributed by atoms with Crippen molar-refractivity contribution in [3.05, 3.63) is 53.3 Å². The summed E-state index contributed by atoms with van der Waals surface area (Å²) in [6.45, 7) is 3.95. The fourth-order valence-corrected chi connectivity index (χ4v) is 2.37. The van der Waals surface area contributed by atoms with Crippen LogP contribution in [0.5, 0.6) is 0 Å². The Kier molecular flexibility index (Phi) is 3.13. The highest BCUT2D eigenvalue weighted by Gasteiger charge is 2.16. The van der Waals surface area contributed by atoms with E-state index in [0.717, 1.165) is 16.8 Å². The Morgan fingerprint density at radius 3 is 2.52 bits per heavy atom. The summed E-state index contributed by atoms with van der Waals surface area (Å²) in [6, 6.07) is 10.1. The quantitative estimate of drug-likeness (QED) is 0.734. The third-order valence-corrected chi connectivity index (χ3v) is 3.38. The second kappa shape index (κ2) is 4.97. The normalized spacial score (nSPS) is 10.8. The molecular formula is C15H14FN5. The van der Waals surface area contributed by atoms with Gasteiger partial charge in [-0.15, -0.1) is 5.10 Å². The van der Waals surface area contributed by atoms with E-state index >= 15 is 0 Å². The van der Waals surface area contributed by atoms with Crippen molar-refractivity contribution in [3.63, 3.8) is 0 Å². The van der Waals surface area contributed by atoms with Gasteiger partial charge in [-0.3, -0.25) is 0 Å². The lowest BCUT2D eigenvalue weighted by Crippen LogP contribution is -2.05. The van der Waals surface area contributed by atoms with Crippen LogP contribution < -0.4 is 5.73 Å². The van der Waals surface area contributed by atoms with Gasteiger partial charge in [0.2, 0.25) is 0 Å². The standard InChI is InChI=1S/C15H14FN5/c1-9-4-3-5-10(2)14(9)21-15(18-19-20-21)12-8-11(16)6-7-13(12)17/h3-8H,17H2,1-2H3. The van der Waals surface area contributed by atoms with Crippen LogP contribution in [0.3, 0.4) is 0 Å². The van der Waals surface area contributed by atoms with Crippen molar-refractivity contribution in [1.29, 1.82) is 0 Å². The molecule has 0 unspecified atom stereocenters. The van der Waals surface area contributed by atoms with Gasteiger partial charge < -0.3 is 5.73 Å². The zero-order chi connectivity index (χ0) is 15.0. The molecule has 6 heteroatoms. The lowest BCUT2D eigenvalue weighted by atomic mass is 10.1. The van der Waals surface area contributed by atoms with E-state index in [2.05, 4.69) is 15.5 Å². The highest BCUT2D eigenvalue weighted by atomic mass is 19.1. The van der Waals surface area contributed by atoms with Gasteiger partial charge in [-0.25, -0.2) is 4.39 Å². The summed E-state index contributed by atoms with van der Waals surface area (Å²) in [4.78, 5) is 0. The monoisotopic (exact) mass is 283 g/mol. The molecule has 1 aromatic heterocycles. The molecule has 0 fully saturated rings. The maximum Gasteiger partial charge on any atom is 0.189 e. The van der Waals surface area contributed by atoms with Crippen LogP contribution in [0.1, 0.15) is 11.1 Å². The van der Waals surface area contributed by atoms with Crippen LogP contribution >= 0.6 is 0 Å². The van der Waals surface area contributed by atoms with Crippen LogP contribution in [-0.4, -0.2) is 20.2 Å². The van der Waals surface area contributed by atoms with Crippen molar-refractivity contribution in [2.24, 2.45) is 0 Å². The summed E-state index contributed by atoms with van der Waals surface area (Å²) in [5.41, 5.74) is 9.76. The smallest absolute Gasteiger partial charge is 0.189 e. The average Bonchev–Trinajstić information content (AvgIpc) is 2.90.